The Morgan fingerprint density at radius 3 is 2.57 bits per heavy atom. The lowest BCUT2D eigenvalue weighted by Gasteiger charge is -2.21. The number of benzene rings is 1. The van der Waals surface area contributed by atoms with Gasteiger partial charge in [0, 0.05) is 30.4 Å². The molecule has 0 atom stereocenters. The third-order valence-corrected chi connectivity index (χ3v) is 3.64. The first kappa shape index (κ1) is 15.3. The zero-order chi connectivity index (χ0) is 15.5. The van der Waals surface area contributed by atoms with Crippen molar-refractivity contribution in [2.75, 3.05) is 13.1 Å². The number of rotatable bonds is 5. The fourth-order valence-electron chi connectivity index (χ4n) is 2.71. The summed E-state index contributed by atoms with van der Waals surface area (Å²) in [6, 6.07) is 9.14. The molecule has 1 fully saturated rings. The maximum atomic E-state index is 12.3. The first-order valence-electron chi connectivity index (χ1n) is 7.14. The first-order chi connectivity index (χ1) is 9.87. The summed E-state index contributed by atoms with van der Waals surface area (Å²) in [4.78, 5) is 25.1. The predicted molar refractivity (Wildman–Crippen MR) is 81.1 cm³/mol. The number of hydrogen-bond donors (Lipinski definition) is 1. The highest BCUT2D eigenvalue weighted by atomic mass is 16.4. The summed E-state index contributed by atoms with van der Waals surface area (Å²) in [6.07, 6.45) is 2.55. The monoisotopic (exact) mass is 287 g/mol. The summed E-state index contributed by atoms with van der Waals surface area (Å²) in [7, 11) is 0. The topological polar surface area (TPSA) is 57.6 Å². The Morgan fingerprint density at radius 1 is 1.29 bits per heavy atom. The van der Waals surface area contributed by atoms with Crippen LogP contribution in [0.15, 0.2) is 42.1 Å². The molecule has 0 radical (unpaired) electrons. The van der Waals surface area contributed by atoms with Crippen molar-refractivity contribution in [1.29, 1.82) is 0 Å². The molecule has 4 heteroatoms. The second-order valence-corrected chi connectivity index (χ2v) is 6.27. The minimum Gasteiger partial charge on any atom is -0.481 e. The van der Waals surface area contributed by atoms with E-state index in [0.29, 0.717) is 12.1 Å². The Hall–Kier alpha value is -2.10. The van der Waals surface area contributed by atoms with E-state index in [2.05, 4.69) is 13.8 Å². The number of carbonyl (C=O) groups is 2. The van der Waals surface area contributed by atoms with Crippen LogP contribution in [-0.4, -0.2) is 34.8 Å². The van der Waals surface area contributed by atoms with Gasteiger partial charge in [0.15, 0.2) is 5.78 Å². The number of carboxylic acids is 1. The van der Waals surface area contributed by atoms with Crippen molar-refractivity contribution in [2.24, 2.45) is 5.41 Å². The third-order valence-electron chi connectivity index (χ3n) is 3.64. The van der Waals surface area contributed by atoms with Crippen molar-refractivity contribution in [3.63, 3.8) is 0 Å². The average Bonchev–Trinajstić information content (AvgIpc) is 2.71. The average molecular weight is 287 g/mol. The van der Waals surface area contributed by atoms with Gasteiger partial charge in [-0.2, -0.15) is 0 Å². The fourth-order valence-corrected chi connectivity index (χ4v) is 2.71. The van der Waals surface area contributed by atoms with Gasteiger partial charge in [0.25, 0.3) is 0 Å². The summed E-state index contributed by atoms with van der Waals surface area (Å²) < 4.78 is 0. The van der Waals surface area contributed by atoms with Crippen molar-refractivity contribution in [3.05, 3.63) is 47.7 Å². The van der Waals surface area contributed by atoms with E-state index < -0.39 is 5.97 Å². The molecule has 2 rings (SSSR count). The molecule has 1 aromatic carbocycles. The van der Waals surface area contributed by atoms with Gasteiger partial charge in [0.05, 0.1) is 6.42 Å². The SMILES string of the molecule is CC1(C)C/C(=C\C(=O)c2ccccc2)N(CCC(=O)O)C1. The predicted octanol–water partition coefficient (Wildman–Crippen LogP) is 2.96. The second-order valence-electron chi connectivity index (χ2n) is 6.27. The van der Waals surface area contributed by atoms with Gasteiger partial charge in [0.2, 0.25) is 0 Å². The molecule has 0 bridgehead atoms. The summed E-state index contributed by atoms with van der Waals surface area (Å²) in [5, 5.41) is 8.84. The first-order valence-corrected chi connectivity index (χ1v) is 7.14. The van der Waals surface area contributed by atoms with Crippen LogP contribution in [0.5, 0.6) is 0 Å². The molecular formula is C17H21NO3. The summed E-state index contributed by atoms with van der Waals surface area (Å²) in [5.74, 6) is -0.836. The smallest absolute Gasteiger partial charge is 0.305 e. The molecule has 1 saturated heterocycles. The lowest BCUT2D eigenvalue weighted by molar-refractivity contribution is -0.137. The fraction of sp³-hybridized carbons (Fsp3) is 0.412. The van der Waals surface area contributed by atoms with Crippen molar-refractivity contribution < 1.29 is 14.7 Å². The maximum Gasteiger partial charge on any atom is 0.305 e. The van der Waals surface area contributed by atoms with Gasteiger partial charge in [0.1, 0.15) is 0 Å². The minimum absolute atomic E-state index is 0.0244. The van der Waals surface area contributed by atoms with Crippen LogP contribution in [0.3, 0.4) is 0 Å². The van der Waals surface area contributed by atoms with E-state index in [1.54, 1.807) is 18.2 Å². The number of hydrogen-bond acceptors (Lipinski definition) is 3. The molecule has 112 valence electrons. The number of carboxylic acid groups (broad SMARTS) is 1. The molecule has 1 heterocycles. The standard InChI is InChI=1S/C17H21NO3/c1-17(2)11-14(18(12-17)9-8-16(20)21)10-15(19)13-6-4-3-5-7-13/h3-7,10H,8-9,11-12H2,1-2H3,(H,20,21)/b14-10+. The van der Waals surface area contributed by atoms with Gasteiger partial charge in [-0.1, -0.05) is 44.2 Å². The van der Waals surface area contributed by atoms with Gasteiger partial charge in [-0.15, -0.1) is 0 Å². The molecular weight excluding hydrogens is 266 g/mol. The van der Waals surface area contributed by atoms with E-state index in [0.717, 1.165) is 18.7 Å². The Kier molecular flexibility index (Phi) is 4.46. The number of ketones is 1. The molecule has 0 aromatic heterocycles. The number of nitrogens with zero attached hydrogens (tertiary/aromatic N) is 1. The van der Waals surface area contributed by atoms with E-state index in [4.69, 9.17) is 5.11 Å². The Bertz CT molecular complexity index is 561. The number of aliphatic carboxylic acids is 1. The molecule has 0 unspecified atom stereocenters. The van der Waals surface area contributed by atoms with Gasteiger partial charge >= 0.3 is 5.97 Å². The highest BCUT2D eigenvalue weighted by molar-refractivity contribution is 6.04. The molecule has 0 amide bonds. The van der Waals surface area contributed by atoms with E-state index >= 15 is 0 Å². The van der Waals surface area contributed by atoms with Crippen molar-refractivity contribution in [1.82, 2.24) is 4.90 Å². The van der Waals surface area contributed by atoms with Crippen LogP contribution in [0, 0.1) is 5.41 Å². The molecule has 1 N–H and O–H groups in total. The van der Waals surface area contributed by atoms with E-state index in [1.165, 1.54) is 0 Å². The molecule has 0 saturated carbocycles. The van der Waals surface area contributed by atoms with Gasteiger partial charge in [-0.05, 0) is 11.8 Å². The van der Waals surface area contributed by atoms with Gasteiger partial charge < -0.3 is 10.0 Å². The van der Waals surface area contributed by atoms with E-state index in [9.17, 15) is 9.59 Å². The number of allylic oxidation sites excluding steroid dienone is 2. The Morgan fingerprint density at radius 2 is 1.95 bits per heavy atom. The van der Waals surface area contributed by atoms with E-state index in [-0.39, 0.29) is 17.6 Å². The molecule has 4 nitrogen and oxygen atoms in total. The molecule has 1 aliphatic rings. The van der Waals surface area contributed by atoms with Gasteiger partial charge in [-0.3, -0.25) is 9.59 Å². The summed E-state index contributed by atoms with van der Waals surface area (Å²) in [5.41, 5.74) is 1.67. The maximum absolute atomic E-state index is 12.3. The van der Waals surface area contributed by atoms with Crippen LogP contribution in [0.25, 0.3) is 0 Å². The largest absolute Gasteiger partial charge is 0.481 e. The van der Waals surface area contributed by atoms with Crippen LogP contribution in [0.1, 0.15) is 37.0 Å². The number of likely N-dealkylation sites (tertiary alicyclic amines) is 1. The van der Waals surface area contributed by atoms with E-state index in [1.807, 2.05) is 23.1 Å². The van der Waals surface area contributed by atoms with Crippen LogP contribution in [0.2, 0.25) is 0 Å². The Labute approximate surface area is 125 Å². The molecule has 1 aliphatic heterocycles. The zero-order valence-corrected chi connectivity index (χ0v) is 12.5. The summed E-state index contributed by atoms with van der Waals surface area (Å²) in [6.45, 7) is 5.50. The lowest BCUT2D eigenvalue weighted by atomic mass is 9.92. The minimum atomic E-state index is -0.812. The molecule has 0 spiro atoms. The lowest BCUT2D eigenvalue weighted by Crippen LogP contribution is -2.25. The molecule has 1 aromatic rings. The van der Waals surface area contributed by atoms with Crippen LogP contribution in [-0.2, 0) is 4.79 Å². The highest BCUT2D eigenvalue weighted by Gasteiger charge is 2.33. The normalized spacial score (nSPS) is 19.0. The van der Waals surface area contributed by atoms with Gasteiger partial charge in [-0.25, -0.2) is 0 Å². The third kappa shape index (κ3) is 4.18. The highest BCUT2D eigenvalue weighted by Crippen LogP contribution is 2.36. The zero-order valence-electron chi connectivity index (χ0n) is 12.5. The van der Waals surface area contributed by atoms with Crippen molar-refractivity contribution in [2.45, 2.75) is 26.7 Å². The van der Waals surface area contributed by atoms with Crippen LogP contribution in [0.4, 0.5) is 0 Å². The van der Waals surface area contributed by atoms with Crippen LogP contribution >= 0.6 is 0 Å². The quantitative estimate of drug-likeness (QED) is 0.668. The summed E-state index contributed by atoms with van der Waals surface area (Å²) >= 11 is 0. The second kappa shape index (κ2) is 6.12. The van der Waals surface area contributed by atoms with Crippen molar-refractivity contribution >= 4 is 11.8 Å². The van der Waals surface area contributed by atoms with Crippen molar-refractivity contribution in [3.8, 4) is 0 Å². The Balaban J connectivity index is 2.16. The van der Waals surface area contributed by atoms with Crippen LogP contribution < -0.4 is 0 Å². The molecule has 0 aliphatic carbocycles. The number of carbonyl (C=O) groups excluding carboxylic acids is 1. The molecule has 21 heavy (non-hydrogen) atoms.